The Labute approximate surface area is 162 Å². The number of nitrogens with zero attached hydrogens (tertiary/aromatic N) is 3. The molecule has 0 aromatic rings. The van der Waals surface area contributed by atoms with Crippen LogP contribution in [-0.2, 0) is 14.3 Å². The molecule has 154 valence electrons. The molecule has 0 aliphatic carbocycles. The highest BCUT2D eigenvalue weighted by Crippen LogP contribution is 2.37. The maximum Gasteiger partial charge on any atom is 0.242 e. The van der Waals surface area contributed by atoms with Gasteiger partial charge in [0.15, 0.2) is 5.96 Å². The molecule has 2 N–H and O–H groups in total. The van der Waals surface area contributed by atoms with E-state index >= 15 is 0 Å². The highest BCUT2D eigenvalue weighted by atomic mass is 16.5. The SMILES string of the molecule is CC(C)NC(=O)CN=C(NCC(=O)N(C)C)N1CCCC2(CCCOC2)C1. The number of ether oxygens (including phenoxy) is 1. The molecule has 1 spiro atoms. The number of carbonyl (C=O) groups excluding carboxylic acids is 2. The zero-order chi connectivity index (χ0) is 19.9. The molecule has 0 saturated carbocycles. The minimum absolute atomic E-state index is 0.0259. The summed E-state index contributed by atoms with van der Waals surface area (Å²) in [6, 6.07) is 0.0806. The number of carbonyl (C=O) groups is 2. The van der Waals surface area contributed by atoms with Gasteiger partial charge < -0.3 is 25.2 Å². The van der Waals surface area contributed by atoms with Crippen molar-refractivity contribution in [2.45, 2.75) is 45.6 Å². The average molecular weight is 382 g/mol. The van der Waals surface area contributed by atoms with E-state index in [4.69, 9.17) is 4.74 Å². The summed E-state index contributed by atoms with van der Waals surface area (Å²) < 4.78 is 5.75. The Balaban J connectivity index is 2.07. The fourth-order valence-corrected chi connectivity index (χ4v) is 3.72. The molecule has 0 radical (unpaired) electrons. The van der Waals surface area contributed by atoms with Gasteiger partial charge >= 0.3 is 0 Å². The summed E-state index contributed by atoms with van der Waals surface area (Å²) in [6.07, 6.45) is 4.45. The van der Waals surface area contributed by atoms with Crippen LogP contribution in [0.1, 0.15) is 39.5 Å². The Hall–Kier alpha value is -1.83. The zero-order valence-corrected chi connectivity index (χ0v) is 17.2. The summed E-state index contributed by atoms with van der Waals surface area (Å²) in [5.41, 5.74) is 0.157. The number of amides is 2. The van der Waals surface area contributed by atoms with Crippen molar-refractivity contribution >= 4 is 17.8 Å². The van der Waals surface area contributed by atoms with E-state index in [1.165, 1.54) is 0 Å². The van der Waals surface area contributed by atoms with Crippen molar-refractivity contribution in [3.8, 4) is 0 Å². The van der Waals surface area contributed by atoms with Gasteiger partial charge in [0.2, 0.25) is 11.8 Å². The van der Waals surface area contributed by atoms with Crippen LogP contribution in [0.5, 0.6) is 0 Å². The smallest absolute Gasteiger partial charge is 0.242 e. The number of piperidine rings is 1. The number of likely N-dealkylation sites (N-methyl/N-ethyl adjacent to an activating group) is 1. The van der Waals surface area contributed by atoms with E-state index in [0.29, 0.717) is 5.96 Å². The van der Waals surface area contributed by atoms with Crippen molar-refractivity contribution in [2.75, 3.05) is 53.5 Å². The Morgan fingerprint density at radius 1 is 1.26 bits per heavy atom. The number of guanidine groups is 1. The predicted octanol–water partition coefficient (Wildman–Crippen LogP) is 0.437. The molecule has 2 fully saturated rings. The van der Waals surface area contributed by atoms with Crippen LogP contribution in [0, 0.1) is 5.41 Å². The molecule has 8 nitrogen and oxygen atoms in total. The summed E-state index contributed by atoms with van der Waals surface area (Å²) in [4.78, 5) is 32.3. The van der Waals surface area contributed by atoms with Crippen molar-refractivity contribution < 1.29 is 14.3 Å². The van der Waals surface area contributed by atoms with Crippen molar-refractivity contribution in [3.63, 3.8) is 0 Å². The Kier molecular flexibility index (Phi) is 7.89. The molecule has 1 atom stereocenters. The van der Waals surface area contributed by atoms with Gasteiger partial charge in [0.1, 0.15) is 6.54 Å². The minimum Gasteiger partial charge on any atom is -0.381 e. The number of rotatable bonds is 5. The van der Waals surface area contributed by atoms with E-state index in [0.717, 1.165) is 52.0 Å². The first-order chi connectivity index (χ1) is 12.8. The van der Waals surface area contributed by atoms with E-state index < -0.39 is 0 Å². The quantitative estimate of drug-likeness (QED) is 0.533. The number of aliphatic imine (C=N–C) groups is 1. The lowest BCUT2D eigenvalue weighted by atomic mass is 9.76. The standard InChI is InChI=1S/C19H35N5O3/c1-15(2)22-16(25)11-20-18(21-12-17(26)23(3)4)24-9-5-7-19(13-24)8-6-10-27-14-19/h15H,5-14H2,1-4H3,(H,20,21)(H,22,25). The summed E-state index contributed by atoms with van der Waals surface area (Å²) >= 11 is 0. The fourth-order valence-electron chi connectivity index (χ4n) is 3.72. The maximum atomic E-state index is 12.0. The average Bonchev–Trinajstić information content (AvgIpc) is 2.61. The highest BCUT2D eigenvalue weighted by molar-refractivity contribution is 5.88. The monoisotopic (exact) mass is 381 g/mol. The number of likely N-dealkylation sites (tertiary alicyclic amines) is 1. The van der Waals surface area contributed by atoms with E-state index in [9.17, 15) is 9.59 Å². The first kappa shape index (κ1) is 21.5. The van der Waals surface area contributed by atoms with Gasteiger partial charge in [-0.1, -0.05) is 0 Å². The molecule has 8 heteroatoms. The van der Waals surface area contributed by atoms with Gasteiger partial charge in [0.25, 0.3) is 0 Å². The molecule has 27 heavy (non-hydrogen) atoms. The van der Waals surface area contributed by atoms with Crippen molar-refractivity contribution in [2.24, 2.45) is 10.4 Å². The van der Waals surface area contributed by atoms with Crippen LogP contribution in [0.3, 0.4) is 0 Å². The van der Waals surface area contributed by atoms with Crippen LogP contribution in [-0.4, -0.2) is 87.1 Å². The van der Waals surface area contributed by atoms with Crippen LogP contribution < -0.4 is 10.6 Å². The molecule has 2 rings (SSSR count). The molecule has 0 bridgehead atoms. The van der Waals surface area contributed by atoms with Gasteiger partial charge in [-0.2, -0.15) is 0 Å². The third-order valence-electron chi connectivity index (χ3n) is 5.08. The molecule has 0 aromatic heterocycles. The Morgan fingerprint density at radius 2 is 2.00 bits per heavy atom. The van der Waals surface area contributed by atoms with Gasteiger partial charge in [-0.05, 0) is 39.5 Å². The molecular weight excluding hydrogens is 346 g/mol. The van der Waals surface area contributed by atoms with Gasteiger partial charge in [-0.25, -0.2) is 4.99 Å². The largest absolute Gasteiger partial charge is 0.381 e. The molecule has 0 aromatic carbocycles. The number of hydrogen-bond acceptors (Lipinski definition) is 4. The second-order valence-corrected chi connectivity index (χ2v) is 8.19. The summed E-state index contributed by atoms with van der Waals surface area (Å²) in [5, 5.41) is 6.02. The molecule has 2 saturated heterocycles. The third-order valence-corrected chi connectivity index (χ3v) is 5.08. The fraction of sp³-hybridized carbons (Fsp3) is 0.842. The first-order valence-corrected chi connectivity index (χ1v) is 9.92. The number of hydrogen-bond donors (Lipinski definition) is 2. The molecule has 2 amide bonds. The van der Waals surface area contributed by atoms with Crippen LogP contribution >= 0.6 is 0 Å². The van der Waals surface area contributed by atoms with Crippen molar-refractivity contribution in [1.82, 2.24) is 20.4 Å². The van der Waals surface area contributed by atoms with E-state index in [-0.39, 0.29) is 36.4 Å². The van der Waals surface area contributed by atoms with Gasteiger partial charge in [0, 0.05) is 45.2 Å². The minimum atomic E-state index is -0.115. The second kappa shape index (κ2) is 9.92. The lowest BCUT2D eigenvalue weighted by molar-refractivity contribution is -0.127. The summed E-state index contributed by atoms with van der Waals surface area (Å²) in [5.74, 6) is 0.492. The summed E-state index contributed by atoms with van der Waals surface area (Å²) in [6.45, 7) is 7.40. The molecule has 2 aliphatic rings. The highest BCUT2D eigenvalue weighted by Gasteiger charge is 2.38. The van der Waals surface area contributed by atoms with Crippen LogP contribution in [0.2, 0.25) is 0 Å². The van der Waals surface area contributed by atoms with Crippen molar-refractivity contribution in [1.29, 1.82) is 0 Å². The van der Waals surface area contributed by atoms with Crippen LogP contribution in [0.15, 0.2) is 4.99 Å². The van der Waals surface area contributed by atoms with Gasteiger partial charge in [0.05, 0.1) is 13.2 Å². The normalized spacial score (nSPS) is 23.4. The van der Waals surface area contributed by atoms with Gasteiger partial charge in [-0.3, -0.25) is 9.59 Å². The lowest BCUT2D eigenvalue weighted by Gasteiger charge is -2.45. The van der Waals surface area contributed by atoms with E-state index in [1.54, 1.807) is 19.0 Å². The van der Waals surface area contributed by atoms with E-state index in [1.807, 2.05) is 13.8 Å². The van der Waals surface area contributed by atoms with Gasteiger partial charge in [-0.15, -0.1) is 0 Å². The Morgan fingerprint density at radius 3 is 2.63 bits per heavy atom. The predicted molar refractivity (Wildman–Crippen MR) is 106 cm³/mol. The van der Waals surface area contributed by atoms with Crippen LogP contribution in [0.4, 0.5) is 0 Å². The zero-order valence-electron chi connectivity index (χ0n) is 17.2. The molecular formula is C19H35N5O3. The molecule has 2 aliphatic heterocycles. The Bertz CT molecular complexity index is 536. The molecule has 1 unspecified atom stereocenters. The first-order valence-electron chi connectivity index (χ1n) is 9.92. The molecule has 2 heterocycles. The van der Waals surface area contributed by atoms with Crippen LogP contribution in [0.25, 0.3) is 0 Å². The number of nitrogens with one attached hydrogen (secondary N) is 2. The van der Waals surface area contributed by atoms with E-state index in [2.05, 4.69) is 20.5 Å². The maximum absolute atomic E-state index is 12.0. The topological polar surface area (TPSA) is 86.3 Å². The summed E-state index contributed by atoms with van der Waals surface area (Å²) in [7, 11) is 3.46. The van der Waals surface area contributed by atoms with Crippen molar-refractivity contribution in [3.05, 3.63) is 0 Å². The lowest BCUT2D eigenvalue weighted by Crippen LogP contribution is -2.54. The third kappa shape index (κ3) is 6.68. The second-order valence-electron chi connectivity index (χ2n) is 8.19.